The van der Waals surface area contributed by atoms with Gasteiger partial charge in [0, 0.05) is 26.2 Å². The van der Waals surface area contributed by atoms with Crippen LogP contribution in [0.1, 0.15) is 58.8 Å². The molecule has 0 aromatic heterocycles. The molecule has 4 heteroatoms. The van der Waals surface area contributed by atoms with Crippen molar-refractivity contribution in [1.82, 2.24) is 10.2 Å². The van der Waals surface area contributed by atoms with E-state index in [9.17, 15) is 0 Å². The molecular formula is C15H30IN3. The number of hydrogen-bond acceptors (Lipinski definition) is 1. The van der Waals surface area contributed by atoms with Crippen LogP contribution in [0, 0.1) is 5.41 Å². The van der Waals surface area contributed by atoms with Crippen molar-refractivity contribution in [3.8, 4) is 0 Å². The van der Waals surface area contributed by atoms with E-state index in [1.807, 2.05) is 0 Å². The molecule has 3 nitrogen and oxygen atoms in total. The Hall–Kier alpha value is 0. The number of nitrogens with one attached hydrogen (secondary N) is 1. The van der Waals surface area contributed by atoms with Gasteiger partial charge in [-0.15, -0.1) is 24.0 Å². The average molecular weight is 379 g/mol. The van der Waals surface area contributed by atoms with Crippen LogP contribution in [-0.4, -0.2) is 37.0 Å². The predicted octanol–water partition coefficient (Wildman–Crippen LogP) is 3.64. The Balaban J connectivity index is 0.00000180. The van der Waals surface area contributed by atoms with E-state index in [0.29, 0.717) is 5.41 Å². The third kappa shape index (κ3) is 4.50. The van der Waals surface area contributed by atoms with Crippen LogP contribution in [-0.2, 0) is 0 Å². The highest BCUT2D eigenvalue weighted by Gasteiger charge is 2.40. The van der Waals surface area contributed by atoms with Crippen molar-refractivity contribution >= 4 is 29.9 Å². The molecule has 1 heterocycles. The summed E-state index contributed by atoms with van der Waals surface area (Å²) in [5, 5.41) is 3.47. The summed E-state index contributed by atoms with van der Waals surface area (Å²) in [6.07, 6.45) is 9.58. The van der Waals surface area contributed by atoms with Crippen molar-refractivity contribution in [1.29, 1.82) is 0 Å². The Bertz CT molecular complexity index is 285. The third-order valence-corrected chi connectivity index (χ3v) is 4.51. The Morgan fingerprint density at radius 3 is 2.58 bits per heavy atom. The largest absolute Gasteiger partial charge is 0.357 e. The molecular weight excluding hydrogens is 349 g/mol. The highest BCUT2D eigenvalue weighted by Crippen LogP contribution is 2.45. The number of unbranched alkanes of at least 4 members (excludes halogenated alkanes) is 1. The molecule has 0 radical (unpaired) electrons. The topological polar surface area (TPSA) is 27.6 Å². The number of halogens is 1. The van der Waals surface area contributed by atoms with Crippen LogP contribution in [0.15, 0.2) is 4.99 Å². The second-order valence-corrected chi connectivity index (χ2v) is 5.97. The summed E-state index contributed by atoms with van der Waals surface area (Å²) in [5.74, 6) is 1.16. The lowest BCUT2D eigenvalue weighted by atomic mass is 9.86. The molecule has 0 amide bonds. The molecule has 2 rings (SSSR count). The molecule has 1 saturated heterocycles. The third-order valence-electron chi connectivity index (χ3n) is 4.51. The van der Waals surface area contributed by atoms with Gasteiger partial charge in [-0.1, -0.05) is 26.2 Å². The maximum atomic E-state index is 4.77. The molecule has 0 bridgehead atoms. The summed E-state index contributed by atoms with van der Waals surface area (Å²) in [6.45, 7) is 8.79. The van der Waals surface area contributed by atoms with Gasteiger partial charge in [0.2, 0.25) is 0 Å². The van der Waals surface area contributed by atoms with Crippen LogP contribution in [0.2, 0.25) is 0 Å². The molecule has 0 atom stereocenters. The van der Waals surface area contributed by atoms with E-state index < -0.39 is 0 Å². The molecule has 1 spiro atoms. The zero-order valence-electron chi connectivity index (χ0n) is 12.6. The molecule has 0 unspecified atom stereocenters. The van der Waals surface area contributed by atoms with Gasteiger partial charge in [-0.25, -0.2) is 0 Å². The number of nitrogens with zero attached hydrogens (tertiary/aromatic N) is 2. The molecule has 1 aliphatic heterocycles. The van der Waals surface area contributed by atoms with Gasteiger partial charge < -0.3 is 10.2 Å². The highest BCUT2D eigenvalue weighted by molar-refractivity contribution is 14.0. The molecule has 1 N–H and O–H groups in total. The van der Waals surface area contributed by atoms with Crippen LogP contribution in [0.25, 0.3) is 0 Å². The summed E-state index contributed by atoms with van der Waals surface area (Å²) in [7, 11) is 0. The molecule has 1 saturated carbocycles. The number of likely N-dealkylation sites (tertiary alicyclic amines) is 1. The van der Waals surface area contributed by atoms with E-state index in [1.165, 1.54) is 58.0 Å². The second kappa shape index (κ2) is 8.32. The molecule has 19 heavy (non-hydrogen) atoms. The van der Waals surface area contributed by atoms with Crippen molar-refractivity contribution in [2.45, 2.75) is 58.8 Å². The van der Waals surface area contributed by atoms with Crippen LogP contribution < -0.4 is 5.32 Å². The van der Waals surface area contributed by atoms with Gasteiger partial charge in [0.1, 0.15) is 0 Å². The van der Waals surface area contributed by atoms with Crippen molar-refractivity contribution in [2.24, 2.45) is 10.4 Å². The first-order chi connectivity index (χ1) is 8.79. The Morgan fingerprint density at radius 2 is 1.95 bits per heavy atom. The average Bonchev–Trinajstić information content (AvgIpc) is 3.00. The van der Waals surface area contributed by atoms with Crippen molar-refractivity contribution in [2.75, 3.05) is 26.2 Å². The Morgan fingerprint density at radius 1 is 1.21 bits per heavy atom. The summed E-state index contributed by atoms with van der Waals surface area (Å²) in [5.41, 5.74) is 0.640. The lowest BCUT2D eigenvalue weighted by Crippen LogP contribution is -2.41. The smallest absolute Gasteiger partial charge is 0.193 e. The zero-order chi connectivity index (χ0) is 12.8. The van der Waals surface area contributed by atoms with Gasteiger partial charge in [0.25, 0.3) is 0 Å². The number of hydrogen-bond donors (Lipinski definition) is 1. The van der Waals surface area contributed by atoms with Gasteiger partial charge in [-0.2, -0.15) is 0 Å². The van der Waals surface area contributed by atoms with E-state index in [0.717, 1.165) is 19.0 Å². The first-order valence-electron chi connectivity index (χ1n) is 7.83. The summed E-state index contributed by atoms with van der Waals surface area (Å²) < 4.78 is 0. The normalized spacial score (nSPS) is 21.8. The minimum absolute atomic E-state index is 0. The first-order valence-corrected chi connectivity index (χ1v) is 7.83. The summed E-state index contributed by atoms with van der Waals surface area (Å²) in [6, 6.07) is 0. The van der Waals surface area contributed by atoms with Gasteiger partial charge in [0.05, 0.1) is 0 Å². The Labute approximate surface area is 135 Å². The van der Waals surface area contributed by atoms with E-state index in [4.69, 9.17) is 4.99 Å². The first kappa shape index (κ1) is 17.1. The maximum absolute atomic E-state index is 4.77. The van der Waals surface area contributed by atoms with E-state index >= 15 is 0 Å². The van der Waals surface area contributed by atoms with Crippen molar-refractivity contribution in [3.05, 3.63) is 0 Å². The molecule has 112 valence electrons. The lowest BCUT2D eigenvalue weighted by Gasteiger charge is -2.25. The van der Waals surface area contributed by atoms with Crippen LogP contribution in [0.5, 0.6) is 0 Å². The SMILES string of the molecule is CCCCN=C(NCC)N1CCC2(CCCC2)C1.I. The van der Waals surface area contributed by atoms with E-state index in [-0.39, 0.29) is 24.0 Å². The maximum Gasteiger partial charge on any atom is 0.193 e. The highest BCUT2D eigenvalue weighted by atomic mass is 127. The molecule has 0 aromatic carbocycles. The van der Waals surface area contributed by atoms with E-state index in [2.05, 4.69) is 24.1 Å². The summed E-state index contributed by atoms with van der Waals surface area (Å²) in [4.78, 5) is 7.28. The number of guanidine groups is 1. The fraction of sp³-hybridized carbons (Fsp3) is 0.933. The van der Waals surface area contributed by atoms with Gasteiger partial charge >= 0.3 is 0 Å². The molecule has 2 fully saturated rings. The number of rotatable bonds is 4. The molecule has 0 aromatic rings. The quantitative estimate of drug-likeness (QED) is 0.350. The van der Waals surface area contributed by atoms with Crippen LogP contribution >= 0.6 is 24.0 Å². The fourth-order valence-corrected chi connectivity index (χ4v) is 3.42. The second-order valence-electron chi connectivity index (χ2n) is 5.97. The number of aliphatic imine (C=N–C) groups is 1. The zero-order valence-corrected chi connectivity index (χ0v) is 14.9. The predicted molar refractivity (Wildman–Crippen MR) is 93.4 cm³/mol. The minimum atomic E-state index is 0. The van der Waals surface area contributed by atoms with Gasteiger partial charge in [0.15, 0.2) is 5.96 Å². The Kier molecular flexibility index (Phi) is 7.47. The van der Waals surface area contributed by atoms with Crippen molar-refractivity contribution in [3.63, 3.8) is 0 Å². The molecule has 1 aliphatic carbocycles. The van der Waals surface area contributed by atoms with Gasteiger partial charge in [-0.05, 0) is 38.0 Å². The monoisotopic (exact) mass is 379 g/mol. The minimum Gasteiger partial charge on any atom is -0.357 e. The molecule has 2 aliphatic rings. The summed E-state index contributed by atoms with van der Waals surface area (Å²) >= 11 is 0. The van der Waals surface area contributed by atoms with Crippen LogP contribution in [0.4, 0.5) is 0 Å². The van der Waals surface area contributed by atoms with Gasteiger partial charge in [-0.3, -0.25) is 4.99 Å². The van der Waals surface area contributed by atoms with Crippen LogP contribution in [0.3, 0.4) is 0 Å². The lowest BCUT2D eigenvalue weighted by molar-refractivity contribution is 0.309. The van der Waals surface area contributed by atoms with E-state index in [1.54, 1.807) is 0 Å². The standard InChI is InChI=1S/C15H29N3.HI/c1-3-5-11-17-14(16-4-2)18-12-10-15(13-18)8-6-7-9-15;/h3-13H2,1-2H3,(H,16,17);1H. The van der Waals surface area contributed by atoms with Crippen molar-refractivity contribution < 1.29 is 0 Å². The fourth-order valence-electron chi connectivity index (χ4n) is 3.42.